The molecule has 0 aliphatic carbocycles. The second kappa shape index (κ2) is 5.47. The second-order valence-electron chi connectivity index (χ2n) is 4.70. The van der Waals surface area contributed by atoms with Crippen molar-refractivity contribution in [1.29, 1.82) is 0 Å². The molecular weight excluding hydrogens is 258 g/mol. The third-order valence-electron chi connectivity index (χ3n) is 3.34. The Labute approximate surface area is 117 Å². The van der Waals surface area contributed by atoms with Crippen molar-refractivity contribution < 1.29 is 0 Å². The largest absolute Gasteiger partial charge is 0.308 e. The first-order valence-electron chi connectivity index (χ1n) is 6.34. The van der Waals surface area contributed by atoms with Gasteiger partial charge in [0, 0.05) is 27.6 Å². The summed E-state index contributed by atoms with van der Waals surface area (Å²) in [6, 6.07) is 13.6. The van der Waals surface area contributed by atoms with Gasteiger partial charge in [-0.1, -0.05) is 24.3 Å². The molecule has 1 aliphatic heterocycles. The normalized spacial score (nSPS) is 19.7. The Kier molecular flexibility index (Phi) is 3.73. The number of thiophene rings is 1. The highest BCUT2D eigenvalue weighted by Crippen LogP contribution is 2.36. The average Bonchev–Trinajstić information content (AvgIpc) is 3.04. The van der Waals surface area contributed by atoms with Gasteiger partial charge in [0.25, 0.3) is 0 Å². The van der Waals surface area contributed by atoms with Gasteiger partial charge in [0.2, 0.25) is 0 Å². The molecule has 0 saturated carbocycles. The quantitative estimate of drug-likeness (QED) is 0.901. The molecule has 0 amide bonds. The number of rotatable bonds is 4. The minimum Gasteiger partial charge on any atom is -0.308 e. The Morgan fingerprint density at radius 2 is 2.17 bits per heavy atom. The molecule has 1 N–H and O–H groups in total. The van der Waals surface area contributed by atoms with Gasteiger partial charge in [0.15, 0.2) is 0 Å². The molecule has 0 spiro atoms. The Morgan fingerprint density at radius 1 is 1.28 bits per heavy atom. The molecule has 2 heterocycles. The molecule has 0 fully saturated rings. The number of hydrogen-bond donors (Lipinski definition) is 1. The Bertz CT molecular complexity index is 482. The topological polar surface area (TPSA) is 12.0 Å². The van der Waals surface area contributed by atoms with Gasteiger partial charge in [-0.25, -0.2) is 0 Å². The maximum atomic E-state index is 3.65. The van der Waals surface area contributed by atoms with E-state index in [1.165, 1.54) is 21.8 Å². The minimum atomic E-state index is 0.467. The van der Waals surface area contributed by atoms with Crippen molar-refractivity contribution in [2.24, 2.45) is 0 Å². The summed E-state index contributed by atoms with van der Waals surface area (Å²) in [4.78, 5) is 2.89. The number of fused-ring (bicyclic) bond motifs is 1. The van der Waals surface area contributed by atoms with E-state index in [-0.39, 0.29) is 0 Å². The molecular formula is C15H17NS2. The van der Waals surface area contributed by atoms with Gasteiger partial charge in [-0.05, 0) is 36.4 Å². The first-order chi connectivity index (χ1) is 8.83. The second-order valence-corrected chi connectivity index (χ2v) is 7.02. The Balaban J connectivity index is 1.54. The first kappa shape index (κ1) is 12.3. The van der Waals surface area contributed by atoms with Crippen molar-refractivity contribution in [3.8, 4) is 0 Å². The van der Waals surface area contributed by atoms with E-state index in [0.29, 0.717) is 11.3 Å². The van der Waals surface area contributed by atoms with E-state index in [0.717, 1.165) is 6.54 Å². The third kappa shape index (κ3) is 2.63. The maximum absolute atomic E-state index is 3.65. The van der Waals surface area contributed by atoms with Crippen LogP contribution < -0.4 is 5.32 Å². The van der Waals surface area contributed by atoms with E-state index in [4.69, 9.17) is 0 Å². The third-order valence-corrected chi connectivity index (χ3v) is 5.71. The number of hydrogen-bond acceptors (Lipinski definition) is 3. The summed E-state index contributed by atoms with van der Waals surface area (Å²) in [5, 5.41) is 6.48. The monoisotopic (exact) mass is 275 g/mol. The zero-order chi connectivity index (χ0) is 12.4. The van der Waals surface area contributed by atoms with Gasteiger partial charge in [-0.2, -0.15) is 0 Å². The molecule has 3 rings (SSSR count). The smallest absolute Gasteiger partial charge is 0.0386 e. The summed E-state index contributed by atoms with van der Waals surface area (Å²) in [5.74, 6) is 0. The fraction of sp³-hybridized carbons (Fsp3) is 0.333. The highest BCUT2D eigenvalue weighted by Gasteiger charge is 2.22. The summed E-state index contributed by atoms with van der Waals surface area (Å²) in [7, 11) is 0. The van der Waals surface area contributed by atoms with Gasteiger partial charge < -0.3 is 5.32 Å². The van der Waals surface area contributed by atoms with Gasteiger partial charge in [-0.3, -0.25) is 0 Å². The molecule has 2 aromatic rings. The summed E-state index contributed by atoms with van der Waals surface area (Å²) in [6.07, 6.45) is 1.20. The summed E-state index contributed by atoms with van der Waals surface area (Å²) in [5.41, 5.74) is 1.51. The van der Waals surface area contributed by atoms with Crippen LogP contribution in [0.3, 0.4) is 0 Å². The van der Waals surface area contributed by atoms with E-state index in [2.05, 4.69) is 54.0 Å². The van der Waals surface area contributed by atoms with Crippen LogP contribution in [0.15, 0.2) is 46.7 Å². The zero-order valence-corrected chi connectivity index (χ0v) is 12.1. The molecule has 0 bridgehead atoms. The summed E-state index contributed by atoms with van der Waals surface area (Å²) < 4.78 is 0. The van der Waals surface area contributed by atoms with Crippen molar-refractivity contribution in [1.82, 2.24) is 5.32 Å². The van der Waals surface area contributed by atoms with Gasteiger partial charge in [0.1, 0.15) is 0 Å². The van der Waals surface area contributed by atoms with Crippen LogP contribution in [0.1, 0.15) is 23.4 Å². The van der Waals surface area contributed by atoms with Crippen LogP contribution in [0.5, 0.6) is 0 Å². The van der Waals surface area contributed by atoms with Crippen molar-refractivity contribution in [3.63, 3.8) is 0 Å². The van der Waals surface area contributed by atoms with E-state index in [1.807, 2.05) is 23.1 Å². The van der Waals surface area contributed by atoms with Gasteiger partial charge >= 0.3 is 0 Å². The molecule has 2 atom stereocenters. The van der Waals surface area contributed by atoms with E-state index in [9.17, 15) is 0 Å². The summed E-state index contributed by atoms with van der Waals surface area (Å²) >= 11 is 3.85. The highest BCUT2D eigenvalue weighted by molar-refractivity contribution is 8.00. The lowest BCUT2D eigenvalue weighted by atomic mass is 10.1. The van der Waals surface area contributed by atoms with Crippen molar-refractivity contribution in [3.05, 3.63) is 52.2 Å². The molecule has 1 nitrogen and oxygen atoms in total. The zero-order valence-electron chi connectivity index (χ0n) is 10.4. The van der Waals surface area contributed by atoms with Crippen LogP contribution in [-0.2, 0) is 6.42 Å². The molecule has 1 unspecified atom stereocenters. The van der Waals surface area contributed by atoms with Crippen LogP contribution in [0, 0.1) is 0 Å². The van der Waals surface area contributed by atoms with Crippen LogP contribution >= 0.6 is 23.1 Å². The average molecular weight is 275 g/mol. The molecule has 0 radical (unpaired) electrons. The van der Waals surface area contributed by atoms with E-state index < -0.39 is 0 Å². The van der Waals surface area contributed by atoms with Crippen LogP contribution in [-0.4, -0.2) is 11.8 Å². The van der Waals surface area contributed by atoms with Crippen molar-refractivity contribution in [2.45, 2.75) is 29.5 Å². The Morgan fingerprint density at radius 3 is 2.94 bits per heavy atom. The van der Waals surface area contributed by atoms with Crippen LogP contribution in [0.2, 0.25) is 0 Å². The van der Waals surface area contributed by atoms with Crippen molar-refractivity contribution in [2.75, 3.05) is 6.54 Å². The molecule has 3 heteroatoms. The van der Waals surface area contributed by atoms with Crippen molar-refractivity contribution >= 4 is 23.1 Å². The lowest BCUT2D eigenvalue weighted by molar-refractivity contribution is 0.574. The Hall–Kier alpha value is -0.770. The lowest BCUT2D eigenvalue weighted by Gasteiger charge is -2.15. The minimum absolute atomic E-state index is 0.467. The molecule has 1 aliphatic rings. The fourth-order valence-corrected chi connectivity index (χ4v) is 4.33. The number of benzene rings is 1. The summed E-state index contributed by atoms with van der Waals surface area (Å²) in [6.45, 7) is 3.33. The highest BCUT2D eigenvalue weighted by atomic mass is 32.2. The maximum Gasteiger partial charge on any atom is 0.0386 e. The molecule has 18 heavy (non-hydrogen) atoms. The van der Waals surface area contributed by atoms with Gasteiger partial charge in [-0.15, -0.1) is 23.1 Å². The number of nitrogens with one attached hydrogen (secondary N) is 1. The van der Waals surface area contributed by atoms with E-state index in [1.54, 1.807) is 0 Å². The predicted octanol–water partition coefficient (Wildman–Crippen LogP) is 4.12. The molecule has 0 saturated heterocycles. The number of thioether (sulfide) groups is 1. The molecule has 1 aromatic heterocycles. The predicted molar refractivity (Wildman–Crippen MR) is 80.5 cm³/mol. The van der Waals surface area contributed by atoms with Crippen LogP contribution in [0.25, 0.3) is 0 Å². The van der Waals surface area contributed by atoms with Crippen LogP contribution in [0.4, 0.5) is 0 Å². The SMILES string of the molecule is C[C@@H](NCC1Cc2ccccc2S1)c1cccs1. The lowest BCUT2D eigenvalue weighted by Crippen LogP contribution is -2.26. The fourth-order valence-electron chi connectivity index (χ4n) is 2.31. The first-order valence-corrected chi connectivity index (χ1v) is 8.10. The van der Waals surface area contributed by atoms with E-state index >= 15 is 0 Å². The standard InChI is InChI=1S/C15H17NS2/c1-11(14-7-4-8-17-14)16-10-13-9-12-5-2-3-6-15(12)18-13/h2-8,11,13,16H,9-10H2,1H3/t11-,13?/m1/s1. The van der Waals surface area contributed by atoms with Gasteiger partial charge in [0.05, 0.1) is 0 Å². The molecule has 94 valence electrons. The molecule has 1 aromatic carbocycles.